The SMILES string of the molecule is Cc1ncsc1-c1ccc(CNC(=O)[C@H]2C[C@H](O)CN2C(=O)[C@@H](NC(=O)CCCCCCCCCC(=O)N2CCN(CC[C@H](NC(=O)C3(N)CCN(c4ncnc5[nH]ccc45)CC3)c3ccc(Cl)cc3)CC2)C(C)(C)C)cc1. The van der Waals surface area contributed by atoms with E-state index >= 15 is 0 Å². The number of nitrogens with two attached hydrogens (primary N) is 1. The molecule has 0 spiro atoms. The molecule has 0 saturated carbocycles. The Morgan fingerprint density at radius 2 is 1.54 bits per heavy atom. The number of benzene rings is 2. The highest BCUT2D eigenvalue weighted by Gasteiger charge is 2.45. The molecule has 4 atom stereocenters. The number of aromatic amines is 1. The van der Waals surface area contributed by atoms with Crippen LogP contribution in [-0.4, -0.2) is 145 Å². The van der Waals surface area contributed by atoms with Crippen molar-refractivity contribution in [2.75, 3.05) is 57.3 Å². The van der Waals surface area contributed by atoms with Gasteiger partial charge in [-0.15, -0.1) is 11.3 Å². The van der Waals surface area contributed by atoms with E-state index in [0.29, 0.717) is 63.3 Å². The van der Waals surface area contributed by atoms with E-state index < -0.39 is 29.1 Å². The van der Waals surface area contributed by atoms with Crippen molar-refractivity contribution in [2.24, 2.45) is 11.1 Å². The van der Waals surface area contributed by atoms with Gasteiger partial charge in [-0.05, 0) is 79.3 Å². The van der Waals surface area contributed by atoms with Crippen molar-refractivity contribution >= 4 is 69.3 Å². The molecule has 78 heavy (non-hydrogen) atoms. The number of piperazine rings is 1. The van der Waals surface area contributed by atoms with Crippen LogP contribution in [0.4, 0.5) is 5.82 Å². The number of aryl methyl sites for hydroxylation is 1. The summed E-state index contributed by atoms with van der Waals surface area (Å²) in [7, 11) is 0. The molecule has 18 nitrogen and oxygen atoms in total. The summed E-state index contributed by atoms with van der Waals surface area (Å²) in [5, 5.41) is 21.4. The molecule has 420 valence electrons. The van der Waals surface area contributed by atoms with Crippen molar-refractivity contribution in [3.05, 3.63) is 94.5 Å². The Morgan fingerprint density at radius 3 is 2.21 bits per heavy atom. The number of unbranched alkanes of at least 4 members (excludes halogenated alkanes) is 6. The zero-order valence-corrected chi connectivity index (χ0v) is 47.3. The zero-order valence-electron chi connectivity index (χ0n) is 45.8. The number of nitrogens with zero attached hydrogens (tertiary/aromatic N) is 7. The lowest BCUT2D eigenvalue weighted by Crippen LogP contribution is -2.60. The van der Waals surface area contributed by atoms with Crippen molar-refractivity contribution in [1.29, 1.82) is 0 Å². The molecule has 5 amide bonds. The first-order chi connectivity index (χ1) is 37.5. The largest absolute Gasteiger partial charge is 0.391 e. The Labute approximate surface area is 467 Å². The normalized spacial score (nSPS) is 18.7. The van der Waals surface area contributed by atoms with Crippen LogP contribution >= 0.6 is 22.9 Å². The lowest BCUT2D eigenvalue weighted by molar-refractivity contribution is -0.144. The number of likely N-dealkylation sites (tertiary alicyclic amines) is 1. The summed E-state index contributed by atoms with van der Waals surface area (Å²) >= 11 is 7.84. The first-order valence-corrected chi connectivity index (χ1v) is 29.1. The number of thiazole rings is 1. The summed E-state index contributed by atoms with van der Waals surface area (Å²) in [6, 6.07) is 15.5. The summed E-state index contributed by atoms with van der Waals surface area (Å²) in [6.45, 7) is 12.8. The average Bonchev–Trinajstić information content (AvgIpc) is 4.20. The molecule has 3 fully saturated rings. The second-order valence-corrected chi connectivity index (χ2v) is 23.9. The maximum absolute atomic E-state index is 14.1. The number of amides is 5. The van der Waals surface area contributed by atoms with Crippen LogP contribution in [0.1, 0.15) is 127 Å². The van der Waals surface area contributed by atoms with Crippen molar-refractivity contribution in [3.63, 3.8) is 0 Å². The van der Waals surface area contributed by atoms with E-state index in [4.69, 9.17) is 17.3 Å². The van der Waals surface area contributed by atoms with Crippen LogP contribution in [0.15, 0.2) is 72.6 Å². The topological polar surface area (TPSA) is 235 Å². The van der Waals surface area contributed by atoms with Gasteiger partial charge in [-0.1, -0.05) is 101 Å². The van der Waals surface area contributed by atoms with Gasteiger partial charge in [0.15, 0.2) is 0 Å². The van der Waals surface area contributed by atoms with Crippen molar-refractivity contribution in [3.8, 4) is 10.4 Å². The van der Waals surface area contributed by atoms with Gasteiger partial charge in [-0.25, -0.2) is 15.0 Å². The smallest absolute Gasteiger partial charge is 0.246 e. The number of fused-ring (bicyclic) bond motifs is 1. The van der Waals surface area contributed by atoms with E-state index in [0.717, 1.165) is 102 Å². The second-order valence-electron chi connectivity index (χ2n) is 22.6. The number of halogens is 1. The lowest BCUT2D eigenvalue weighted by atomic mass is 9.85. The highest BCUT2D eigenvalue weighted by atomic mass is 35.5. The number of anilines is 1. The number of carbonyl (C=O) groups is 5. The van der Waals surface area contributed by atoms with Crippen LogP contribution in [0, 0.1) is 12.3 Å². The third kappa shape index (κ3) is 15.2. The first-order valence-electron chi connectivity index (χ1n) is 27.9. The Balaban J connectivity index is 0.690. The van der Waals surface area contributed by atoms with E-state index in [2.05, 4.69) is 45.7 Å². The van der Waals surface area contributed by atoms with Crippen molar-refractivity contribution in [1.82, 2.24) is 50.6 Å². The highest BCUT2D eigenvalue weighted by Crippen LogP contribution is 2.32. The van der Waals surface area contributed by atoms with E-state index in [-0.39, 0.29) is 61.5 Å². The average molecular weight is 1110 g/mol. The fourth-order valence-corrected chi connectivity index (χ4v) is 11.9. The summed E-state index contributed by atoms with van der Waals surface area (Å²) < 4.78 is 0. The third-order valence-electron chi connectivity index (χ3n) is 15.8. The molecular formula is C58H79ClN12O6S. The number of aliphatic hydroxyl groups is 1. The number of rotatable bonds is 23. The molecule has 6 heterocycles. The van der Waals surface area contributed by atoms with Gasteiger partial charge in [0.25, 0.3) is 0 Å². The summed E-state index contributed by atoms with van der Waals surface area (Å²) in [4.78, 5) is 93.4. The van der Waals surface area contributed by atoms with E-state index in [1.165, 1.54) is 4.90 Å². The summed E-state index contributed by atoms with van der Waals surface area (Å²) in [5.74, 6) is -0.0496. The van der Waals surface area contributed by atoms with E-state index in [1.807, 2.05) is 98.9 Å². The molecule has 0 unspecified atom stereocenters. The quantitative estimate of drug-likeness (QED) is 0.0361. The van der Waals surface area contributed by atoms with Gasteiger partial charge in [-0.2, -0.15) is 0 Å². The molecule has 3 aromatic heterocycles. The number of aliphatic hydroxyl groups excluding tert-OH is 1. The van der Waals surface area contributed by atoms with Crippen LogP contribution in [0.3, 0.4) is 0 Å². The van der Waals surface area contributed by atoms with Crippen molar-refractivity contribution in [2.45, 2.75) is 147 Å². The number of H-pyrrole nitrogens is 1. The number of β-amino-alcohol motifs (C(OH)–C–C–N with tert-alkyl or cyclic N) is 1. The highest BCUT2D eigenvalue weighted by molar-refractivity contribution is 7.13. The molecule has 5 aromatic rings. The fraction of sp³-hybridized carbons (Fsp3) is 0.552. The maximum Gasteiger partial charge on any atom is 0.246 e. The molecule has 3 aliphatic rings. The minimum Gasteiger partial charge on any atom is -0.391 e. The van der Waals surface area contributed by atoms with Gasteiger partial charge in [-0.3, -0.25) is 28.9 Å². The molecule has 3 aliphatic heterocycles. The Bertz CT molecular complexity index is 2800. The van der Waals surface area contributed by atoms with Gasteiger partial charge in [0, 0.05) is 89.4 Å². The number of carbonyl (C=O) groups excluding carboxylic acids is 5. The summed E-state index contributed by atoms with van der Waals surface area (Å²) in [6.07, 6.45) is 11.5. The van der Waals surface area contributed by atoms with E-state index in [1.54, 1.807) is 17.7 Å². The molecule has 2 aromatic carbocycles. The second kappa shape index (κ2) is 26.8. The molecule has 3 saturated heterocycles. The van der Waals surface area contributed by atoms with Crippen LogP contribution in [0.5, 0.6) is 0 Å². The Kier molecular flexibility index (Phi) is 20.0. The van der Waals surface area contributed by atoms with Crippen LogP contribution in [0.2, 0.25) is 5.02 Å². The van der Waals surface area contributed by atoms with Gasteiger partial charge >= 0.3 is 0 Å². The van der Waals surface area contributed by atoms with Gasteiger partial charge in [0.2, 0.25) is 29.5 Å². The van der Waals surface area contributed by atoms with Crippen LogP contribution < -0.4 is 26.6 Å². The Hall–Kier alpha value is -5.99. The molecule has 0 bridgehead atoms. The monoisotopic (exact) mass is 1110 g/mol. The zero-order chi connectivity index (χ0) is 55.4. The van der Waals surface area contributed by atoms with Gasteiger partial charge in [0.05, 0.1) is 39.2 Å². The predicted molar refractivity (Wildman–Crippen MR) is 305 cm³/mol. The minimum atomic E-state index is -1.02. The molecule has 8 rings (SSSR count). The summed E-state index contributed by atoms with van der Waals surface area (Å²) in [5.41, 5.74) is 11.7. The lowest BCUT2D eigenvalue weighted by Gasteiger charge is -2.39. The van der Waals surface area contributed by atoms with Gasteiger partial charge in [0.1, 0.15) is 29.9 Å². The van der Waals surface area contributed by atoms with Crippen LogP contribution in [-0.2, 0) is 30.5 Å². The molecule has 0 radical (unpaired) electrons. The fourth-order valence-electron chi connectivity index (χ4n) is 10.9. The maximum atomic E-state index is 14.1. The first kappa shape index (κ1) is 58.2. The number of aromatic nitrogens is 4. The molecular weight excluding hydrogens is 1030 g/mol. The third-order valence-corrected chi connectivity index (χ3v) is 17.0. The predicted octanol–water partition coefficient (Wildman–Crippen LogP) is 7.05. The number of piperidine rings is 1. The van der Waals surface area contributed by atoms with Crippen molar-refractivity contribution < 1.29 is 29.1 Å². The minimum absolute atomic E-state index is 0.0228. The standard InChI is InChI=1S/C58H79ClN12O6S/c1-39-50(78-38-65-39)42-16-14-40(15-17-42)35-62-54(75)47-34-44(72)36-71(47)55(76)51(57(2,3)4)67-48(73)12-10-8-6-5-7-9-11-13-49(74)69-32-30-68(31-33-69)27-23-46(41-18-20-43(59)21-19-41)66-56(77)58(60)24-28-70(29-25-58)53-45-22-26-61-52(45)63-37-64-53/h14-22,26,37-38,44,46-47,51,72H,5-13,23-25,27-36,60H2,1-4H3,(H,62,75)(H,66,77)(H,67,73)(H,61,63,64)/t44-,46-,47+,51+/m0/s1. The molecule has 7 N–H and O–H groups in total. The number of nitrogens with one attached hydrogen (secondary N) is 4. The molecule has 20 heteroatoms. The van der Waals surface area contributed by atoms with E-state index in [9.17, 15) is 29.1 Å². The Morgan fingerprint density at radius 1 is 0.859 bits per heavy atom. The number of hydrogen-bond acceptors (Lipinski definition) is 13. The molecule has 0 aliphatic carbocycles. The van der Waals surface area contributed by atoms with Gasteiger partial charge < -0.3 is 46.5 Å². The van der Waals surface area contributed by atoms with Crippen LogP contribution in [0.25, 0.3) is 21.5 Å². The number of hydrogen-bond donors (Lipinski definition) is 6.